The normalized spacial score (nSPS) is 44.0. The van der Waals surface area contributed by atoms with E-state index in [1.807, 2.05) is 0 Å². The molecule has 3 saturated heterocycles. The fraction of sp³-hybridized carbons (Fsp3) is 1.00. The highest BCUT2D eigenvalue weighted by Gasteiger charge is 2.51. The maximum absolute atomic E-state index is 6.44. The minimum Gasteiger partial charge on any atom is -0.376 e. The first-order valence-electron chi connectivity index (χ1n) is 11.9. The minimum absolute atomic E-state index is 0.191. The molecule has 3 heterocycles. The molecule has 0 amide bonds. The maximum atomic E-state index is 6.44. The Morgan fingerprint density at radius 2 is 0.750 bits per heavy atom. The van der Waals surface area contributed by atoms with Gasteiger partial charge in [0.15, 0.2) is 18.9 Å². The van der Waals surface area contributed by atoms with Crippen LogP contribution in [0.5, 0.6) is 0 Å². The molecule has 0 radical (unpaired) electrons. The standard InChI is InChI=1S/C23H42O13/c1-24-12-9-33-22(19(30-7)15(12)26-3)36-20-16(27-4)13(25-2)10-34-23(20)35-14-11-32-21(31-8)18(29-6)17(14)28-5/h12-23H,9-11H2,1-8H3/t12-,13-,14+,15+,16+,17-,18-,19-,20+,21-,22-,23+/m0/s1. The number of rotatable bonds is 12. The topological polar surface area (TPSA) is 120 Å². The summed E-state index contributed by atoms with van der Waals surface area (Å²) in [6.07, 6.45) is -6.85. The van der Waals surface area contributed by atoms with Crippen LogP contribution in [-0.2, 0) is 61.6 Å². The third kappa shape index (κ3) is 6.37. The second kappa shape index (κ2) is 14.6. The summed E-state index contributed by atoms with van der Waals surface area (Å²) in [5, 5.41) is 0. The number of hydrogen-bond donors (Lipinski definition) is 0. The highest BCUT2D eigenvalue weighted by atomic mass is 16.8. The molecule has 13 heteroatoms. The van der Waals surface area contributed by atoms with Crippen molar-refractivity contribution < 1.29 is 61.6 Å². The average Bonchev–Trinajstić information content (AvgIpc) is 2.92. The van der Waals surface area contributed by atoms with E-state index < -0.39 is 67.7 Å². The maximum Gasteiger partial charge on any atom is 0.187 e. The zero-order valence-corrected chi connectivity index (χ0v) is 22.4. The van der Waals surface area contributed by atoms with Crippen molar-refractivity contribution in [1.82, 2.24) is 0 Å². The van der Waals surface area contributed by atoms with Gasteiger partial charge in [-0.1, -0.05) is 0 Å². The summed E-state index contributed by atoms with van der Waals surface area (Å²) in [5.41, 5.74) is 0. The third-order valence-corrected chi connectivity index (χ3v) is 6.95. The predicted octanol–water partition coefficient (Wildman–Crippen LogP) is -0.423. The van der Waals surface area contributed by atoms with Crippen molar-refractivity contribution >= 4 is 0 Å². The summed E-state index contributed by atoms with van der Waals surface area (Å²) in [6, 6.07) is 0. The van der Waals surface area contributed by atoms with E-state index in [9.17, 15) is 0 Å². The zero-order valence-electron chi connectivity index (χ0n) is 22.4. The van der Waals surface area contributed by atoms with Crippen LogP contribution >= 0.6 is 0 Å². The second-order valence-electron chi connectivity index (χ2n) is 8.67. The summed E-state index contributed by atoms with van der Waals surface area (Å²) >= 11 is 0. The Morgan fingerprint density at radius 3 is 1.22 bits per heavy atom. The molecule has 13 nitrogen and oxygen atoms in total. The van der Waals surface area contributed by atoms with Gasteiger partial charge < -0.3 is 61.6 Å². The van der Waals surface area contributed by atoms with Crippen LogP contribution in [-0.4, -0.2) is 151 Å². The van der Waals surface area contributed by atoms with E-state index in [2.05, 4.69) is 0 Å². The Hall–Kier alpha value is -0.520. The van der Waals surface area contributed by atoms with Gasteiger partial charge in [-0.2, -0.15) is 0 Å². The smallest absolute Gasteiger partial charge is 0.187 e. The van der Waals surface area contributed by atoms with Crippen LogP contribution in [0.4, 0.5) is 0 Å². The second-order valence-corrected chi connectivity index (χ2v) is 8.67. The van der Waals surface area contributed by atoms with Gasteiger partial charge in [0.2, 0.25) is 0 Å². The van der Waals surface area contributed by atoms with Crippen LogP contribution in [0, 0.1) is 0 Å². The molecular formula is C23H42O13. The summed E-state index contributed by atoms with van der Waals surface area (Å²) in [7, 11) is 12.6. The largest absolute Gasteiger partial charge is 0.376 e. The number of ether oxygens (including phenoxy) is 13. The molecule has 0 unspecified atom stereocenters. The molecule has 3 aliphatic heterocycles. The van der Waals surface area contributed by atoms with E-state index in [0.717, 1.165) is 0 Å². The molecule has 0 aromatic carbocycles. The van der Waals surface area contributed by atoms with Crippen molar-refractivity contribution in [1.29, 1.82) is 0 Å². The fourth-order valence-electron chi connectivity index (χ4n) is 5.01. The van der Waals surface area contributed by atoms with Crippen molar-refractivity contribution in [2.75, 3.05) is 76.7 Å². The van der Waals surface area contributed by atoms with Crippen LogP contribution in [0.1, 0.15) is 0 Å². The van der Waals surface area contributed by atoms with Gasteiger partial charge in [-0.05, 0) is 0 Å². The number of hydrogen-bond acceptors (Lipinski definition) is 13. The third-order valence-electron chi connectivity index (χ3n) is 6.95. The first kappa shape index (κ1) is 30.0. The lowest BCUT2D eigenvalue weighted by molar-refractivity contribution is -0.368. The molecule has 0 bridgehead atoms. The Bertz CT molecular complexity index is 627. The van der Waals surface area contributed by atoms with Crippen molar-refractivity contribution in [3.05, 3.63) is 0 Å². The predicted molar refractivity (Wildman–Crippen MR) is 122 cm³/mol. The molecule has 0 aromatic heterocycles. The monoisotopic (exact) mass is 526 g/mol. The quantitative estimate of drug-likeness (QED) is 0.328. The Morgan fingerprint density at radius 1 is 0.361 bits per heavy atom. The van der Waals surface area contributed by atoms with Crippen molar-refractivity contribution in [3.8, 4) is 0 Å². The number of methoxy groups -OCH3 is 8. The highest BCUT2D eigenvalue weighted by Crippen LogP contribution is 2.32. The van der Waals surface area contributed by atoms with E-state index in [1.165, 1.54) is 0 Å². The van der Waals surface area contributed by atoms with Crippen LogP contribution in [0.3, 0.4) is 0 Å². The lowest BCUT2D eigenvalue weighted by Crippen LogP contribution is -2.63. The highest BCUT2D eigenvalue weighted by molar-refractivity contribution is 4.93. The molecule has 3 aliphatic rings. The van der Waals surface area contributed by atoms with Crippen molar-refractivity contribution in [2.24, 2.45) is 0 Å². The average molecular weight is 527 g/mol. The lowest BCUT2D eigenvalue weighted by atomic mass is 10.0. The van der Waals surface area contributed by atoms with Crippen LogP contribution in [0.2, 0.25) is 0 Å². The molecule has 0 saturated carbocycles. The molecule has 0 aromatic rings. The SMILES string of the molecule is CO[C@H]1OC[C@@H](O[C@H]2OC[C@H](OC)[C@@H](OC)[C@H]2O[C@@H]2OC[C@H](OC)[C@@H](OC)[C@@H]2OC)[C@H](OC)[C@@H]1OC. The van der Waals surface area contributed by atoms with E-state index in [0.29, 0.717) is 0 Å². The molecular weight excluding hydrogens is 484 g/mol. The van der Waals surface area contributed by atoms with E-state index in [-0.39, 0.29) is 25.9 Å². The van der Waals surface area contributed by atoms with E-state index in [1.54, 1.807) is 56.9 Å². The Balaban J connectivity index is 1.82. The molecule has 3 rings (SSSR count). The van der Waals surface area contributed by atoms with Crippen LogP contribution < -0.4 is 0 Å². The lowest BCUT2D eigenvalue weighted by Gasteiger charge is -2.47. The summed E-state index contributed by atoms with van der Waals surface area (Å²) in [5.74, 6) is 0. The summed E-state index contributed by atoms with van der Waals surface area (Å²) < 4.78 is 75.6. The summed E-state index contributed by atoms with van der Waals surface area (Å²) in [4.78, 5) is 0. The minimum atomic E-state index is -0.869. The fourth-order valence-corrected chi connectivity index (χ4v) is 5.01. The molecule has 3 fully saturated rings. The van der Waals surface area contributed by atoms with Gasteiger partial charge in [-0.15, -0.1) is 0 Å². The van der Waals surface area contributed by atoms with Gasteiger partial charge in [-0.25, -0.2) is 0 Å². The van der Waals surface area contributed by atoms with Gasteiger partial charge in [0, 0.05) is 56.9 Å². The van der Waals surface area contributed by atoms with E-state index in [4.69, 9.17) is 61.6 Å². The molecule has 36 heavy (non-hydrogen) atoms. The van der Waals surface area contributed by atoms with Gasteiger partial charge in [-0.3, -0.25) is 0 Å². The molecule has 12 atom stereocenters. The van der Waals surface area contributed by atoms with E-state index >= 15 is 0 Å². The zero-order chi connectivity index (χ0) is 26.2. The molecule has 0 spiro atoms. The van der Waals surface area contributed by atoms with Gasteiger partial charge >= 0.3 is 0 Å². The first-order valence-corrected chi connectivity index (χ1v) is 11.9. The summed E-state index contributed by atoms with van der Waals surface area (Å²) in [6.45, 7) is 0.668. The van der Waals surface area contributed by atoms with Crippen molar-refractivity contribution in [3.63, 3.8) is 0 Å². The van der Waals surface area contributed by atoms with Gasteiger partial charge in [0.25, 0.3) is 0 Å². The van der Waals surface area contributed by atoms with Gasteiger partial charge in [0.05, 0.1) is 19.8 Å². The molecule has 0 N–H and O–H groups in total. The molecule has 0 aliphatic carbocycles. The Labute approximate surface area is 212 Å². The van der Waals surface area contributed by atoms with Crippen LogP contribution in [0.15, 0.2) is 0 Å². The Kier molecular flexibility index (Phi) is 12.2. The molecule has 212 valence electrons. The van der Waals surface area contributed by atoms with Crippen molar-refractivity contribution in [2.45, 2.75) is 73.8 Å². The first-order chi connectivity index (χ1) is 17.5. The van der Waals surface area contributed by atoms with Crippen LogP contribution in [0.25, 0.3) is 0 Å². The van der Waals surface area contributed by atoms with Gasteiger partial charge in [0.1, 0.15) is 54.9 Å².